The van der Waals surface area contributed by atoms with Crippen LogP contribution in [0.4, 0.5) is 10.5 Å². The van der Waals surface area contributed by atoms with E-state index >= 15 is 0 Å². The van der Waals surface area contributed by atoms with E-state index in [2.05, 4.69) is 5.32 Å². The van der Waals surface area contributed by atoms with E-state index in [-0.39, 0.29) is 23.8 Å². The predicted molar refractivity (Wildman–Crippen MR) is 109 cm³/mol. The zero-order valence-corrected chi connectivity index (χ0v) is 17.3. The van der Waals surface area contributed by atoms with Crippen LogP contribution in [0.25, 0.3) is 0 Å². The number of carbonyl (C=O) groups excluding carboxylic acids is 4. The van der Waals surface area contributed by atoms with Crippen molar-refractivity contribution in [3.63, 3.8) is 0 Å². The minimum atomic E-state index is -0.917. The number of urea groups is 1. The Labute approximate surface area is 175 Å². The highest BCUT2D eigenvalue weighted by Crippen LogP contribution is 2.38. The number of fused-ring (bicyclic) bond motifs is 1. The third-order valence-electron chi connectivity index (χ3n) is 6.62. The highest BCUT2D eigenvalue weighted by Gasteiger charge is 2.55. The van der Waals surface area contributed by atoms with Gasteiger partial charge in [0.1, 0.15) is 12.1 Å². The van der Waals surface area contributed by atoms with Crippen LogP contribution in [0.3, 0.4) is 0 Å². The number of nitrogens with zero attached hydrogens (tertiary/aromatic N) is 2. The maximum Gasteiger partial charge on any atom is 0.326 e. The highest BCUT2D eigenvalue weighted by molar-refractivity contribution is 6.09. The van der Waals surface area contributed by atoms with Crippen LogP contribution in [0, 0.1) is 5.92 Å². The first kappa shape index (κ1) is 20.4. The molecule has 8 heteroatoms. The second-order valence-corrected chi connectivity index (χ2v) is 8.55. The number of rotatable bonds is 4. The number of imide groups is 1. The minimum absolute atomic E-state index is 0.0158. The maximum absolute atomic E-state index is 12.9. The number of hydrogen-bond donors (Lipinski definition) is 1. The molecule has 0 unspecified atom stereocenters. The summed E-state index contributed by atoms with van der Waals surface area (Å²) < 4.78 is 5.14. The lowest BCUT2D eigenvalue weighted by molar-refractivity contribution is -0.151. The first-order valence-electron chi connectivity index (χ1n) is 10.5. The number of benzene rings is 1. The van der Waals surface area contributed by atoms with Gasteiger partial charge in [-0.2, -0.15) is 0 Å². The van der Waals surface area contributed by atoms with Crippen molar-refractivity contribution >= 4 is 29.5 Å². The molecule has 3 atom stereocenters. The average Bonchev–Trinajstić information content (AvgIpc) is 3.17. The van der Waals surface area contributed by atoms with Crippen molar-refractivity contribution in [1.29, 1.82) is 0 Å². The van der Waals surface area contributed by atoms with Crippen molar-refractivity contribution in [3.8, 4) is 0 Å². The third-order valence-corrected chi connectivity index (χ3v) is 6.62. The fourth-order valence-corrected chi connectivity index (χ4v) is 4.97. The van der Waals surface area contributed by atoms with Gasteiger partial charge in [0.2, 0.25) is 0 Å². The molecule has 8 nitrogen and oxygen atoms in total. The van der Waals surface area contributed by atoms with E-state index < -0.39 is 30.7 Å². The fourth-order valence-electron chi connectivity index (χ4n) is 4.97. The molecule has 4 amide bonds. The lowest BCUT2D eigenvalue weighted by Gasteiger charge is -2.36. The van der Waals surface area contributed by atoms with Crippen molar-refractivity contribution in [2.75, 3.05) is 18.1 Å². The van der Waals surface area contributed by atoms with E-state index in [1.165, 1.54) is 0 Å². The van der Waals surface area contributed by atoms with Gasteiger partial charge in [-0.1, -0.05) is 38.0 Å². The van der Waals surface area contributed by atoms with Crippen molar-refractivity contribution in [2.24, 2.45) is 5.92 Å². The van der Waals surface area contributed by atoms with Crippen LogP contribution in [0.1, 0.15) is 45.1 Å². The smallest absolute Gasteiger partial charge is 0.326 e. The van der Waals surface area contributed by atoms with Crippen LogP contribution in [-0.2, 0) is 25.5 Å². The van der Waals surface area contributed by atoms with Gasteiger partial charge in [-0.15, -0.1) is 0 Å². The second kappa shape index (κ2) is 7.74. The quantitative estimate of drug-likeness (QED) is 0.602. The van der Waals surface area contributed by atoms with Crippen LogP contribution in [-0.4, -0.2) is 53.4 Å². The molecule has 0 radical (unpaired) electrons. The van der Waals surface area contributed by atoms with Crippen molar-refractivity contribution in [1.82, 2.24) is 10.2 Å². The normalized spacial score (nSPS) is 27.9. The molecule has 160 valence electrons. The first-order chi connectivity index (χ1) is 14.3. The standard InChI is InChI=1S/C22H27N3O5/c1-14-7-5-6-10-22(14)20(28)24(21(29)23-22)12-19(27)30-13-18(26)25-15(2)11-16-8-3-4-9-17(16)25/h3-4,8-9,14-15H,5-7,10-13H2,1-2H3,(H,23,29)/t14-,15-,22+/m0/s1. The van der Waals surface area contributed by atoms with Crippen LogP contribution in [0.15, 0.2) is 24.3 Å². The first-order valence-corrected chi connectivity index (χ1v) is 10.5. The average molecular weight is 413 g/mol. The number of para-hydroxylation sites is 1. The van der Waals surface area contributed by atoms with Gasteiger partial charge >= 0.3 is 12.0 Å². The summed E-state index contributed by atoms with van der Waals surface area (Å²) in [6, 6.07) is 7.05. The summed E-state index contributed by atoms with van der Waals surface area (Å²) >= 11 is 0. The van der Waals surface area contributed by atoms with Gasteiger partial charge in [0.05, 0.1) is 0 Å². The molecule has 1 saturated carbocycles. The Balaban J connectivity index is 1.36. The Bertz CT molecular complexity index is 901. The summed E-state index contributed by atoms with van der Waals surface area (Å²) in [5.41, 5.74) is 0.990. The van der Waals surface area contributed by atoms with E-state index in [1.807, 2.05) is 38.1 Å². The largest absolute Gasteiger partial charge is 0.454 e. The Hall–Kier alpha value is -2.90. The summed E-state index contributed by atoms with van der Waals surface area (Å²) in [6.45, 7) is 2.98. The number of ether oxygens (including phenoxy) is 1. The van der Waals surface area contributed by atoms with Gasteiger partial charge in [-0.3, -0.25) is 19.3 Å². The molecule has 1 aliphatic carbocycles. The topological polar surface area (TPSA) is 96.0 Å². The molecule has 0 aromatic heterocycles. The Morgan fingerprint density at radius 3 is 2.73 bits per heavy atom. The zero-order valence-electron chi connectivity index (χ0n) is 17.3. The van der Waals surface area contributed by atoms with Crippen molar-refractivity contribution in [2.45, 2.75) is 57.5 Å². The fraction of sp³-hybridized carbons (Fsp3) is 0.545. The Morgan fingerprint density at radius 1 is 1.20 bits per heavy atom. The van der Waals surface area contributed by atoms with Crippen LogP contribution >= 0.6 is 0 Å². The molecule has 1 spiro atoms. The molecule has 2 heterocycles. The number of anilines is 1. The van der Waals surface area contributed by atoms with Crippen molar-refractivity contribution in [3.05, 3.63) is 29.8 Å². The molecule has 30 heavy (non-hydrogen) atoms. The molecule has 1 saturated heterocycles. The summed E-state index contributed by atoms with van der Waals surface area (Å²) in [5, 5.41) is 2.81. The molecule has 3 aliphatic rings. The number of amides is 4. The third kappa shape index (κ3) is 3.34. The molecule has 1 aromatic rings. The number of carbonyl (C=O) groups is 4. The monoisotopic (exact) mass is 413 g/mol. The van der Waals surface area contributed by atoms with E-state index in [4.69, 9.17) is 4.74 Å². The Morgan fingerprint density at radius 2 is 1.97 bits per heavy atom. The van der Waals surface area contributed by atoms with Gasteiger partial charge in [-0.05, 0) is 43.7 Å². The zero-order chi connectivity index (χ0) is 21.5. The van der Waals surface area contributed by atoms with Crippen LogP contribution < -0.4 is 10.2 Å². The molecule has 2 fully saturated rings. The molecule has 1 N–H and O–H groups in total. The summed E-state index contributed by atoms with van der Waals surface area (Å²) in [6.07, 6.45) is 4.06. The number of nitrogens with one attached hydrogen (secondary N) is 1. The molecular weight excluding hydrogens is 386 g/mol. The Kier molecular flexibility index (Phi) is 5.26. The van der Waals surface area contributed by atoms with Gasteiger partial charge in [0, 0.05) is 11.7 Å². The highest BCUT2D eigenvalue weighted by atomic mass is 16.5. The van der Waals surface area contributed by atoms with Crippen molar-refractivity contribution < 1.29 is 23.9 Å². The maximum atomic E-state index is 12.9. The summed E-state index contributed by atoms with van der Waals surface area (Å²) in [4.78, 5) is 52.8. The van der Waals surface area contributed by atoms with E-state index in [0.717, 1.165) is 41.8 Å². The van der Waals surface area contributed by atoms with E-state index in [1.54, 1.807) is 4.90 Å². The predicted octanol–water partition coefficient (Wildman–Crippen LogP) is 2.01. The summed E-state index contributed by atoms with van der Waals surface area (Å²) in [5.74, 6) is -1.45. The van der Waals surface area contributed by atoms with E-state index in [9.17, 15) is 19.2 Å². The van der Waals surface area contributed by atoms with Gasteiger partial charge in [-0.25, -0.2) is 4.79 Å². The van der Waals surface area contributed by atoms with Gasteiger partial charge in [0.25, 0.3) is 11.8 Å². The lowest BCUT2D eigenvalue weighted by atomic mass is 9.73. The SMILES string of the molecule is C[C@H]1Cc2ccccc2N1C(=O)COC(=O)CN1C(=O)N[C@@]2(CCCC[C@@H]2C)C1=O. The molecule has 4 rings (SSSR count). The summed E-state index contributed by atoms with van der Waals surface area (Å²) in [7, 11) is 0. The van der Waals surface area contributed by atoms with Gasteiger partial charge < -0.3 is 15.0 Å². The number of esters is 1. The molecule has 0 bridgehead atoms. The molecular formula is C22H27N3O5. The van der Waals surface area contributed by atoms with E-state index in [0.29, 0.717) is 6.42 Å². The van der Waals surface area contributed by atoms with Crippen LogP contribution in [0.5, 0.6) is 0 Å². The van der Waals surface area contributed by atoms with Crippen LogP contribution in [0.2, 0.25) is 0 Å². The van der Waals surface area contributed by atoms with Gasteiger partial charge in [0.15, 0.2) is 6.61 Å². The molecule has 2 aliphatic heterocycles. The number of hydrogen-bond acceptors (Lipinski definition) is 5. The lowest BCUT2D eigenvalue weighted by Crippen LogP contribution is -2.54. The molecule has 1 aromatic carbocycles. The second-order valence-electron chi connectivity index (χ2n) is 8.55. The minimum Gasteiger partial charge on any atom is -0.454 e.